The SMILES string of the molecule is O=C(N/N=C\c1cn[nH]c1-c1ccc(F)cc1)c1cccc2ccccc12. The molecule has 3 aromatic carbocycles. The van der Waals surface area contributed by atoms with Gasteiger partial charge < -0.3 is 0 Å². The van der Waals surface area contributed by atoms with Crippen LogP contribution < -0.4 is 5.43 Å². The second-order valence-electron chi connectivity index (χ2n) is 5.93. The predicted octanol–water partition coefficient (Wildman–Crippen LogP) is 4.13. The molecule has 0 aliphatic rings. The van der Waals surface area contributed by atoms with Gasteiger partial charge in [0.25, 0.3) is 5.91 Å². The first-order valence-corrected chi connectivity index (χ1v) is 8.33. The van der Waals surface area contributed by atoms with Crippen LogP contribution in [0.3, 0.4) is 0 Å². The van der Waals surface area contributed by atoms with Crippen LogP contribution in [-0.4, -0.2) is 22.3 Å². The fourth-order valence-electron chi connectivity index (χ4n) is 2.89. The largest absolute Gasteiger partial charge is 0.277 e. The molecule has 0 fully saturated rings. The van der Waals surface area contributed by atoms with E-state index in [1.165, 1.54) is 18.3 Å². The molecule has 0 bridgehead atoms. The van der Waals surface area contributed by atoms with Crippen LogP contribution in [-0.2, 0) is 0 Å². The zero-order valence-corrected chi connectivity index (χ0v) is 14.2. The number of amides is 1. The Labute approximate surface area is 154 Å². The lowest BCUT2D eigenvalue weighted by atomic mass is 10.0. The Balaban J connectivity index is 1.54. The van der Waals surface area contributed by atoms with Gasteiger partial charge in [-0.05, 0) is 41.1 Å². The van der Waals surface area contributed by atoms with E-state index in [0.717, 1.165) is 16.3 Å². The maximum atomic E-state index is 13.1. The van der Waals surface area contributed by atoms with Gasteiger partial charge in [-0.1, -0.05) is 36.4 Å². The molecule has 0 saturated heterocycles. The van der Waals surface area contributed by atoms with Gasteiger partial charge >= 0.3 is 0 Å². The first-order chi connectivity index (χ1) is 13.2. The third kappa shape index (κ3) is 3.46. The second-order valence-corrected chi connectivity index (χ2v) is 5.93. The molecule has 0 aliphatic heterocycles. The second kappa shape index (κ2) is 7.21. The lowest BCUT2D eigenvalue weighted by molar-refractivity contribution is 0.0957. The molecule has 1 aromatic heterocycles. The van der Waals surface area contributed by atoms with Crippen LogP contribution in [0.5, 0.6) is 0 Å². The molecule has 6 heteroatoms. The zero-order chi connectivity index (χ0) is 18.6. The van der Waals surface area contributed by atoms with E-state index < -0.39 is 0 Å². The molecule has 132 valence electrons. The van der Waals surface area contributed by atoms with Gasteiger partial charge in [0.05, 0.1) is 18.1 Å². The van der Waals surface area contributed by atoms with Gasteiger partial charge in [0.1, 0.15) is 5.82 Å². The first kappa shape index (κ1) is 16.7. The van der Waals surface area contributed by atoms with Crippen LogP contribution in [0.1, 0.15) is 15.9 Å². The summed E-state index contributed by atoms with van der Waals surface area (Å²) in [6, 6.07) is 19.3. The van der Waals surface area contributed by atoms with E-state index in [9.17, 15) is 9.18 Å². The summed E-state index contributed by atoms with van der Waals surface area (Å²) in [6.45, 7) is 0. The average Bonchev–Trinajstić information content (AvgIpc) is 3.16. The van der Waals surface area contributed by atoms with Gasteiger partial charge in [0.2, 0.25) is 0 Å². The summed E-state index contributed by atoms with van der Waals surface area (Å²) in [7, 11) is 0. The number of carbonyl (C=O) groups is 1. The molecular formula is C21H15FN4O. The van der Waals surface area contributed by atoms with Crippen LogP contribution in [0.2, 0.25) is 0 Å². The van der Waals surface area contributed by atoms with Gasteiger partial charge in [-0.15, -0.1) is 0 Å². The highest BCUT2D eigenvalue weighted by molar-refractivity contribution is 6.07. The minimum Gasteiger partial charge on any atom is -0.277 e. The van der Waals surface area contributed by atoms with Gasteiger partial charge in [0.15, 0.2) is 0 Å². The fraction of sp³-hybridized carbons (Fsp3) is 0. The van der Waals surface area contributed by atoms with Crippen molar-refractivity contribution in [2.45, 2.75) is 0 Å². The lowest BCUT2D eigenvalue weighted by Gasteiger charge is -2.04. The molecule has 4 rings (SSSR count). The summed E-state index contributed by atoms with van der Waals surface area (Å²) >= 11 is 0. The molecule has 1 heterocycles. The van der Waals surface area contributed by atoms with Crippen molar-refractivity contribution in [3.8, 4) is 11.3 Å². The van der Waals surface area contributed by atoms with Gasteiger partial charge in [-0.25, -0.2) is 9.82 Å². The highest BCUT2D eigenvalue weighted by Gasteiger charge is 2.09. The molecule has 2 N–H and O–H groups in total. The summed E-state index contributed by atoms with van der Waals surface area (Å²) in [5, 5.41) is 12.7. The van der Waals surface area contributed by atoms with E-state index in [4.69, 9.17) is 0 Å². The number of rotatable bonds is 4. The summed E-state index contributed by atoms with van der Waals surface area (Å²) in [5.74, 6) is -0.606. The summed E-state index contributed by atoms with van der Waals surface area (Å²) < 4.78 is 13.1. The number of nitrogens with zero attached hydrogens (tertiary/aromatic N) is 2. The van der Waals surface area contributed by atoms with E-state index in [1.54, 1.807) is 24.4 Å². The van der Waals surface area contributed by atoms with Gasteiger partial charge in [0, 0.05) is 16.7 Å². The normalized spacial score (nSPS) is 11.1. The summed E-state index contributed by atoms with van der Waals surface area (Å²) in [6.07, 6.45) is 3.09. The van der Waals surface area contributed by atoms with E-state index >= 15 is 0 Å². The molecule has 5 nitrogen and oxygen atoms in total. The molecule has 0 unspecified atom stereocenters. The Kier molecular flexibility index (Phi) is 4.45. The molecule has 0 aliphatic carbocycles. The molecule has 27 heavy (non-hydrogen) atoms. The molecule has 0 spiro atoms. The highest BCUT2D eigenvalue weighted by atomic mass is 19.1. The molecule has 0 radical (unpaired) electrons. The number of hydrazone groups is 1. The van der Waals surface area contributed by atoms with Crippen molar-refractivity contribution in [1.29, 1.82) is 0 Å². The Morgan fingerprint density at radius 1 is 1.04 bits per heavy atom. The van der Waals surface area contributed by atoms with Crippen molar-refractivity contribution >= 4 is 22.9 Å². The highest BCUT2D eigenvalue weighted by Crippen LogP contribution is 2.20. The van der Waals surface area contributed by atoms with Crippen LogP contribution in [0.15, 0.2) is 78.0 Å². The van der Waals surface area contributed by atoms with Crippen LogP contribution in [0, 0.1) is 5.82 Å². The number of hydrogen-bond donors (Lipinski definition) is 2. The van der Waals surface area contributed by atoms with Crippen molar-refractivity contribution in [2.75, 3.05) is 0 Å². The number of nitrogens with one attached hydrogen (secondary N) is 2. The Morgan fingerprint density at radius 3 is 2.67 bits per heavy atom. The van der Waals surface area contributed by atoms with Gasteiger partial charge in [-0.2, -0.15) is 10.2 Å². The quantitative estimate of drug-likeness (QED) is 0.425. The molecule has 0 atom stereocenters. The summed E-state index contributed by atoms with van der Waals surface area (Å²) in [5.41, 5.74) is 5.25. The number of fused-ring (bicyclic) bond motifs is 1. The third-order valence-electron chi connectivity index (χ3n) is 4.21. The molecule has 1 amide bonds. The average molecular weight is 358 g/mol. The maximum Gasteiger partial charge on any atom is 0.271 e. The van der Waals surface area contributed by atoms with E-state index in [-0.39, 0.29) is 11.7 Å². The van der Waals surface area contributed by atoms with Crippen molar-refractivity contribution < 1.29 is 9.18 Å². The number of H-pyrrole nitrogens is 1. The number of carbonyl (C=O) groups excluding carboxylic acids is 1. The Morgan fingerprint density at radius 2 is 1.81 bits per heavy atom. The zero-order valence-electron chi connectivity index (χ0n) is 14.2. The van der Waals surface area contributed by atoms with E-state index in [2.05, 4.69) is 20.7 Å². The molecule has 0 saturated carbocycles. The van der Waals surface area contributed by atoms with Crippen LogP contribution in [0.25, 0.3) is 22.0 Å². The monoisotopic (exact) mass is 358 g/mol. The number of hydrogen-bond acceptors (Lipinski definition) is 3. The fourth-order valence-corrected chi connectivity index (χ4v) is 2.89. The van der Waals surface area contributed by atoms with E-state index in [1.807, 2.05) is 36.4 Å². The van der Waals surface area contributed by atoms with E-state index in [0.29, 0.717) is 16.8 Å². The number of aromatic amines is 1. The molecule has 4 aromatic rings. The third-order valence-corrected chi connectivity index (χ3v) is 4.21. The van der Waals surface area contributed by atoms with Crippen molar-refractivity contribution in [3.05, 3.63) is 89.9 Å². The minimum absolute atomic E-state index is 0.296. The Hall–Kier alpha value is -3.80. The van der Waals surface area contributed by atoms with Gasteiger partial charge in [-0.3, -0.25) is 9.89 Å². The number of aromatic nitrogens is 2. The standard InChI is InChI=1S/C21H15FN4O/c22-17-10-8-15(9-11-17)20-16(12-23-25-20)13-24-26-21(27)19-7-3-5-14-4-1-2-6-18(14)19/h1-13H,(H,23,25)(H,26,27)/b24-13-. The number of halogens is 1. The first-order valence-electron chi connectivity index (χ1n) is 8.33. The molecular weight excluding hydrogens is 343 g/mol. The van der Waals surface area contributed by atoms with Crippen LogP contribution in [0.4, 0.5) is 4.39 Å². The maximum absolute atomic E-state index is 13.1. The summed E-state index contributed by atoms with van der Waals surface area (Å²) in [4.78, 5) is 12.5. The number of benzene rings is 3. The van der Waals surface area contributed by atoms with Crippen LogP contribution >= 0.6 is 0 Å². The van der Waals surface area contributed by atoms with Crippen molar-refractivity contribution in [2.24, 2.45) is 5.10 Å². The van der Waals surface area contributed by atoms with Crippen molar-refractivity contribution in [3.63, 3.8) is 0 Å². The predicted molar refractivity (Wildman–Crippen MR) is 103 cm³/mol. The topological polar surface area (TPSA) is 70.1 Å². The Bertz CT molecular complexity index is 1130. The lowest BCUT2D eigenvalue weighted by Crippen LogP contribution is -2.17. The van der Waals surface area contributed by atoms with Crippen molar-refractivity contribution in [1.82, 2.24) is 15.6 Å². The minimum atomic E-state index is -0.309. The smallest absolute Gasteiger partial charge is 0.271 e.